The van der Waals surface area contributed by atoms with Crippen LogP contribution in [0.25, 0.3) is 0 Å². The summed E-state index contributed by atoms with van der Waals surface area (Å²) in [5.74, 6) is 0. The van der Waals surface area contributed by atoms with Crippen LogP contribution in [0.3, 0.4) is 0 Å². The lowest BCUT2D eigenvalue weighted by Crippen LogP contribution is -2.08. The maximum atomic E-state index is 4.34. The molecule has 20 heavy (non-hydrogen) atoms. The average Bonchev–Trinajstić information content (AvgIpc) is 3.06. The number of hydrogen-bond acceptors (Lipinski definition) is 3. The standard InChI is InChI=1S/C15H23N5/c1-2-4-9-15(8-3-1)20-11-14(18-19-20)7-5-6-13-10-16-12-17-13/h10-12,15H,1-9H2,(H,16,17). The topological polar surface area (TPSA) is 59.4 Å². The van der Waals surface area contributed by atoms with Gasteiger partial charge in [0.05, 0.1) is 18.1 Å². The molecule has 1 fully saturated rings. The maximum absolute atomic E-state index is 4.34. The summed E-state index contributed by atoms with van der Waals surface area (Å²) in [4.78, 5) is 7.17. The zero-order valence-corrected chi connectivity index (χ0v) is 12.0. The molecule has 5 nitrogen and oxygen atoms in total. The monoisotopic (exact) mass is 273 g/mol. The van der Waals surface area contributed by atoms with Crippen molar-refractivity contribution in [3.05, 3.63) is 30.1 Å². The first-order valence-corrected chi connectivity index (χ1v) is 7.80. The Hall–Kier alpha value is -1.65. The Morgan fingerprint density at radius 3 is 2.75 bits per heavy atom. The molecule has 0 radical (unpaired) electrons. The van der Waals surface area contributed by atoms with Gasteiger partial charge in [0.1, 0.15) is 0 Å². The molecule has 1 N–H and O–H groups in total. The summed E-state index contributed by atoms with van der Waals surface area (Å²) in [7, 11) is 0. The van der Waals surface area contributed by atoms with Gasteiger partial charge in [0.15, 0.2) is 0 Å². The van der Waals surface area contributed by atoms with E-state index < -0.39 is 0 Å². The number of aromatic nitrogens is 5. The summed E-state index contributed by atoms with van der Waals surface area (Å²) in [6, 6.07) is 0.575. The lowest BCUT2D eigenvalue weighted by Gasteiger charge is -2.12. The van der Waals surface area contributed by atoms with Gasteiger partial charge in [-0.3, -0.25) is 0 Å². The third-order valence-electron chi connectivity index (χ3n) is 4.19. The first-order valence-electron chi connectivity index (χ1n) is 7.80. The Kier molecular flexibility index (Phi) is 4.46. The second-order valence-corrected chi connectivity index (χ2v) is 5.77. The van der Waals surface area contributed by atoms with Crippen molar-refractivity contribution in [3.63, 3.8) is 0 Å². The van der Waals surface area contributed by atoms with Crippen molar-refractivity contribution >= 4 is 0 Å². The molecule has 1 saturated carbocycles. The van der Waals surface area contributed by atoms with E-state index in [0.29, 0.717) is 6.04 Å². The van der Waals surface area contributed by atoms with E-state index in [9.17, 15) is 0 Å². The largest absolute Gasteiger partial charge is 0.348 e. The van der Waals surface area contributed by atoms with Crippen molar-refractivity contribution in [2.75, 3.05) is 0 Å². The summed E-state index contributed by atoms with van der Waals surface area (Å²) in [6.45, 7) is 0. The first kappa shape index (κ1) is 13.3. The molecule has 0 saturated heterocycles. The minimum atomic E-state index is 0.575. The molecule has 2 aromatic rings. The van der Waals surface area contributed by atoms with Crippen LogP contribution in [0, 0.1) is 0 Å². The highest BCUT2D eigenvalue weighted by Crippen LogP contribution is 2.26. The van der Waals surface area contributed by atoms with Crippen molar-refractivity contribution < 1.29 is 0 Å². The Morgan fingerprint density at radius 1 is 1.15 bits per heavy atom. The van der Waals surface area contributed by atoms with Crippen molar-refractivity contribution in [2.45, 2.75) is 63.8 Å². The Labute approximate surface area is 119 Å². The summed E-state index contributed by atoms with van der Waals surface area (Å²) in [5.41, 5.74) is 2.31. The maximum Gasteiger partial charge on any atom is 0.0921 e. The third kappa shape index (κ3) is 3.46. The van der Waals surface area contributed by atoms with E-state index in [4.69, 9.17) is 0 Å². The zero-order valence-electron chi connectivity index (χ0n) is 12.0. The molecular formula is C15H23N5. The quantitative estimate of drug-likeness (QED) is 0.852. The van der Waals surface area contributed by atoms with E-state index in [2.05, 4.69) is 31.2 Å². The molecule has 2 aromatic heterocycles. The highest BCUT2D eigenvalue weighted by atomic mass is 15.4. The molecule has 2 heterocycles. The van der Waals surface area contributed by atoms with Crippen LogP contribution in [-0.2, 0) is 12.8 Å². The Bertz CT molecular complexity index is 494. The highest BCUT2D eigenvalue weighted by Gasteiger charge is 2.15. The number of aryl methyl sites for hydroxylation is 2. The zero-order chi connectivity index (χ0) is 13.6. The van der Waals surface area contributed by atoms with Gasteiger partial charge in [-0.25, -0.2) is 9.67 Å². The molecule has 0 bridgehead atoms. The molecular weight excluding hydrogens is 250 g/mol. The second kappa shape index (κ2) is 6.68. The van der Waals surface area contributed by atoms with Gasteiger partial charge in [-0.2, -0.15) is 0 Å². The van der Waals surface area contributed by atoms with Crippen LogP contribution in [0.4, 0.5) is 0 Å². The Balaban J connectivity index is 1.50. The molecule has 1 aliphatic rings. The summed E-state index contributed by atoms with van der Waals surface area (Å²) < 4.78 is 2.11. The van der Waals surface area contributed by atoms with Gasteiger partial charge in [-0.15, -0.1) is 5.10 Å². The van der Waals surface area contributed by atoms with Crippen LogP contribution >= 0.6 is 0 Å². The normalized spacial score (nSPS) is 17.2. The molecule has 108 valence electrons. The minimum Gasteiger partial charge on any atom is -0.348 e. The lowest BCUT2D eigenvalue weighted by atomic mass is 10.1. The van der Waals surface area contributed by atoms with Gasteiger partial charge in [-0.05, 0) is 32.1 Å². The van der Waals surface area contributed by atoms with Crippen LogP contribution in [0.1, 0.15) is 62.4 Å². The molecule has 0 amide bonds. The molecule has 0 aliphatic heterocycles. The molecule has 0 unspecified atom stereocenters. The Morgan fingerprint density at radius 2 is 2.00 bits per heavy atom. The SMILES string of the molecule is c1ncc(CCCc2cn(C3CCCCCC3)nn2)[nH]1. The third-order valence-corrected chi connectivity index (χ3v) is 4.19. The number of aromatic amines is 1. The van der Waals surface area contributed by atoms with Crippen LogP contribution in [-0.4, -0.2) is 25.0 Å². The fourth-order valence-corrected chi connectivity index (χ4v) is 3.01. The molecule has 1 aliphatic carbocycles. The molecule has 5 heteroatoms. The predicted molar refractivity (Wildman–Crippen MR) is 77.4 cm³/mol. The van der Waals surface area contributed by atoms with E-state index in [1.165, 1.54) is 44.2 Å². The number of imidazole rings is 1. The van der Waals surface area contributed by atoms with Gasteiger partial charge in [0.2, 0.25) is 0 Å². The predicted octanol–water partition coefficient (Wildman–Crippen LogP) is 3.07. The van der Waals surface area contributed by atoms with E-state index in [0.717, 1.165) is 25.0 Å². The van der Waals surface area contributed by atoms with Crippen LogP contribution in [0.5, 0.6) is 0 Å². The smallest absolute Gasteiger partial charge is 0.0921 e. The number of rotatable bonds is 5. The number of nitrogens with one attached hydrogen (secondary N) is 1. The van der Waals surface area contributed by atoms with Gasteiger partial charge in [0.25, 0.3) is 0 Å². The minimum absolute atomic E-state index is 0.575. The fourth-order valence-electron chi connectivity index (χ4n) is 3.01. The van der Waals surface area contributed by atoms with Gasteiger partial charge >= 0.3 is 0 Å². The number of H-pyrrole nitrogens is 1. The van der Waals surface area contributed by atoms with E-state index in [-0.39, 0.29) is 0 Å². The van der Waals surface area contributed by atoms with Crippen LogP contribution in [0.15, 0.2) is 18.7 Å². The lowest BCUT2D eigenvalue weighted by molar-refractivity contribution is 0.396. The number of nitrogens with zero attached hydrogens (tertiary/aromatic N) is 4. The molecule has 3 rings (SSSR count). The van der Waals surface area contributed by atoms with Gasteiger partial charge in [0, 0.05) is 18.1 Å². The molecule has 0 aromatic carbocycles. The first-order chi connectivity index (χ1) is 9.92. The highest BCUT2D eigenvalue weighted by molar-refractivity contribution is 4.98. The average molecular weight is 273 g/mol. The van der Waals surface area contributed by atoms with Crippen molar-refractivity contribution in [3.8, 4) is 0 Å². The van der Waals surface area contributed by atoms with E-state index >= 15 is 0 Å². The van der Waals surface area contributed by atoms with Crippen LogP contribution < -0.4 is 0 Å². The van der Waals surface area contributed by atoms with Crippen LogP contribution in [0.2, 0.25) is 0 Å². The fraction of sp³-hybridized carbons (Fsp3) is 0.667. The van der Waals surface area contributed by atoms with E-state index in [1.807, 2.05) is 6.20 Å². The van der Waals surface area contributed by atoms with Gasteiger partial charge in [-0.1, -0.05) is 30.9 Å². The summed E-state index contributed by atoms with van der Waals surface area (Å²) >= 11 is 0. The van der Waals surface area contributed by atoms with Crippen molar-refractivity contribution in [1.29, 1.82) is 0 Å². The van der Waals surface area contributed by atoms with Crippen molar-refractivity contribution in [2.24, 2.45) is 0 Å². The van der Waals surface area contributed by atoms with Crippen molar-refractivity contribution in [1.82, 2.24) is 25.0 Å². The molecule has 0 spiro atoms. The van der Waals surface area contributed by atoms with Gasteiger partial charge < -0.3 is 4.98 Å². The summed E-state index contributed by atoms with van der Waals surface area (Å²) in [5, 5.41) is 8.67. The second-order valence-electron chi connectivity index (χ2n) is 5.77. The summed E-state index contributed by atoms with van der Waals surface area (Å²) in [6.07, 6.45) is 16.8. The number of hydrogen-bond donors (Lipinski definition) is 1. The molecule has 0 atom stereocenters. The van der Waals surface area contributed by atoms with E-state index in [1.54, 1.807) is 6.33 Å².